The number of benzene rings is 1. The summed E-state index contributed by atoms with van der Waals surface area (Å²) < 4.78 is 0. The lowest BCUT2D eigenvalue weighted by atomic mass is 9.96. The molecule has 2 aromatic rings. The average molecular weight is 256 g/mol. The van der Waals surface area contributed by atoms with Crippen molar-refractivity contribution >= 4 is 0 Å². The number of nitrogens with zero attached hydrogens (tertiary/aromatic N) is 1. The van der Waals surface area contributed by atoms with Crippen molar-refractivity contribution in [3.63, 3.8) is 0 Å². The van der Waals surface area contributed by atoms with Crippen LogP contribution in [0.5, 0.6) is 0 Å². The second kappa shape index (κ2) is 5.20. The van der Waals surface area contributed by atoms with Crippen LogP contribution in [0, 0.1) is 13.8 Å². The third kappa shape index (κ3) is 3.25. The monoisotopic (exact) mass is 256 g/mol. The highest BCUT2D eigenvalue weighted by atomic mass is 14.9. The molecule has 0 saturated carbocycles. The second-order valence-electron chi connectivity index (χ2n) is 6.36. The van der Waals surface area contributed by atoms with E-state index in [0.29, 0.717) is 0 Å². The Kier molecular flexibility index (Phi) is 3.79. The first-order chi connectivity index (χ1) is 8.88. The largest absolute Gasteiger partial charge is 0.348 e. The van der Waals surface area contributed by atoms with Crippen LogP contribution < -0.4 is 0 Å². The van der Waals surface area contributed by atoms with E-state index >= 15 is 0 Å². The van der Waals surface area contributed by atoms with Crippen molar-refractivity contribution in [2.45, 2.75) is 52.9 Å². The molecule has 2 heteroatoms. The number of imidazole rings is 1. The maximum absolute atomic E-state index is 4.70. The first kappa shape index (κ1) is 13.9. The molecule has 1 aromatic carbocycles. The third-order valence-electron chi connectivity index (χ3n) is 3.62. The van der Waals surface area contributed by atoms with Crippen LogP contribution >= 0.6 is 0 Å². The summed E-state index contributed by atoms with van der Waals surface area (Å²) in [5.41, 5.74) is 5.48. The Morgan fingerprint density at radius 1 is 1.05 bits per heavy atom. The van der Waals surface area contributed by atoms with Crippen molar-refractivity contribution in [2.75, 3.05) is 0 Å². The molecule has 0 spiro atoms. The highest BCUT2D eigenvalue weighted by Gasteiger charge is 2.17. The summed E-state index contributed by atoms with van der Waals surface area (Å²) >= 11 is 0. The molecule has 2 nitrogen and oxygen atoms in total. The average Bonchev–Trinajstić information content (AvgIpc) is 2.77. The molecule has 0 aliphatic carbocycles. The molecular weight excluding hydrogens is 232 g/mol. The standard InChI is InChI=1S/C17H24N2/c1-12-7-6-8-13(2)15(12)10-9-14-11-18-16(19-14)17(3,4)5/h6-8,11H,9-10H2,1-5H3,(H,18,19). The topological polar surface area (TPSA) is 28.7 Å². The molecule has 19 heavy (non-hydrogen) atoms. The predicted octanol–water partition coefficient (Wildman–Crippen LogP) is 4.11. The van der Waals surface area contributed by atoms with Crippen molar-refractivity contribution in [1.29, 1.82) is 0 Å². The minimum Gasteiger partial charge on any atom is -0.348 e. The van der Waals surface area contributed by atoms with Gasteiger partial charge in [-0.1, -0.05) is 39.0 Å². The maximum atomic E-state index is 4.70. The van der Waals surface area contributed by atoms with Crippen LogP contribution in [0.1, 0.15) is 49.0 Å². The zero-order valence-electron chi connectivity index (χ0n) is 12.7. The van der Waals surface area contributed by atoms with Crippen molar-refractivity contribution < 1.29 is 0 Å². The van der Waals surface area contributed by atoms with Gasteiger partial charge in [0.05, 0.1) is 5.69 Å². The van der Waals surface area contributed by atoms with Gasteiger partial charge in [-0.3, -0.25) is 0 Å². The van der Waals surface area contributed by atoms with Gasteiger partial charge in [0.15, 0.2) is 0 Å². The van der Waals surface area contributed by atoms with Gasteiger partial charge in [0.1, 0.15) is 5.82 Å². The van der Waals surface area contributed by atoms with Gasteiger partial charge in [-0.2, -0.15) is 0 Å². The molecule has 0 aliphatic heterocycles. The van der Waals surface area contributed by atoms with E-state index in [0.717, 1.165) is 24.4 Å². The molecule has 0 fully saturated rings. The quantitative estimate of drug-likeness (QED) is 0.879. The molecule has 102 valence electrons. The minimum atomic E-state index is 0.0941. The fourth-order valence-electron chi connectivity index (χ4n) is 2.37. The van der Waals surface area contributed by atoms with Crippen LogP contribution in [-0.4, -0.2) is 9.97 Å². The Balaban J connectivity index is 2.09. The normalized spacial score (nSPS) is 11.8. The van der Waals surface area contributed by atoms with Gasteiger partial charge < -0.3 is 4.98 Å². The van der Waals surface area contributed by atoms with Gasteiger partial charge in [0.2, 0.25) is 0 Å². The number of aromatic amines is 1. The Morgan fingerprint density at radius 3 is 2.21 bits per heavy atom. The Hall–Kier alpha value is -1.57. The van der Waals surface area contributed by atoms with Crippen molar-refractivity contribution in [3.05, 3.63) is 52.6 Å². The fraction of sp³-hybridized carbons (Fsp3) is 0.471. The number of aryl methyl sites for hydroxylation is 3. The van der Waals surface area contributed by atoms with E-state index in [9.17, 15) is 0 Å². The SMILES string of the molecule is Cc1cccc(C)c1CCc1c[nH]c(C(C)(C)C)n1. The van der Waals surface area contributed by atoms with Crippen LogP contribution in [0.4, 0.5) is 0 Å². The third-order valence-corrected chi connectivity index (χ3v) is 3.62. The van der Waals surface area contributed by atoms with Crippen LogP contribution in [0.15, 0.2) is 24.4 Å². The molecule has 0 aliphatic rings. The molecule has 1 N–H and O–H groups in total. The number of aromatic nitrogens is 2. The van der Waals surface area contributed by atoms with E-state index in [-0.39, 0.29) is 5.41 Å². The lowest BCUT2D eigenvalue weighted by molar-refractivity contribution is 0.551. The Labute approximate surface area is 116 Å². The summed E-state index contributed by atoms with van der Waals surface area (Å²) in [4.78, 5) is 8.00. The molecule has 0 unspecified atom stereocenters. The Bertz CT molecular complexity index is 539. The molecule has 2 rings (SSSR count). The van der Waals surface area contributed by atoms with Crippen LogP contribution in [0.25, 0.3) is 0 Å². The van der Waals surface area contributed by atoms with Gasteiger partial charge in [0.25, 0.3) is 0 Å². The number of hydrogen-bond donors (Lipinski definition) is 1. The zero-order chi connectivity index (χ0) is 14.0. The van der Waals surface area contributed by atoms with E-state index in [1.165, 1.54) is 16.7 Å². The van der Waals surface area contributed by atoms with E-state index in [2.05, 4.69) is 57.8 Å². The van der Waals surface area contributed by atoms with Crippen molar-refractivity contribution in [1.82, 2.24) is 9.97 Å². The minimum absolute atomic E-state index is 0.0941. The smallest absolute Gasteiger partial charge is 0.111 e. The number of nitrogens with one attached hydrogen (secondary N) is 1. The highest BCUT2D eigenvalue weighted by molar-refractivity contribution is 5.34. The van der Waals surface area contributed by atoms with Crippen LogP contribution in [0.3, 0.4) is 0 Å². The molecule has 0 radical (unpaired) electrons. The summed E-state index contributed by atoms with van der Waals surface area (Å²) in [6.45, 7) is 10.9. The molecule has 0 atom stereocenters. The molecule has 0 amide bonds. The summed E-state index contributed by atoms with van der Waals surface area (Å²) in [5, 5.41) is 0. The lowest BCUT2D eigenvalue weighted by Crippen LogP contribution is -2.13. The van der Waals surface area contributed by atoms with Gasteiger partial charge in [0, 0.05) is 11.6 Å². The fourth-order valence-corrected chi connectivity index (χ4v) is 2.37. The Morgan fingerprint density at radius 2 is 1.68 bits per heavy atom. The molecule has 1 aromatic heterocycles. The summed E-state index contributed by atoms with van der Waals surface area (Å²) in [6, 6.07) is 6.50. The summed E-state index contributed by atoms with van der Waals surface area (Å²) in [6.07, 6.45) is 4.11. The molecule has 1 heterocycles. The maximum Gasteiger partial charge on any atom is 0.111 e. The lowest BCUT2D eigenvalue weighted by Gasteiger charge is -2.14. The second-order valence-corrected chi connectivity index (χ2v) is 6.36. The molecular formula is C17H24N2. The van der Waals surface area contributed by atoms with Crippen molar-refractivity contribution in [2.24, 2.45) is 0 Å². The molecule has 0 bridgehead atoms. The van der Waals surface area contributed by atoms with Gasteiger partial charge in [-0.05, 0) is 43.4 Å². The highest BCUT2D eigenvalue weighted by Crippen LogP contribution is 2.20. The predicted molar refractivity (Wildman–Crippen MR) is 80.6 cm³/mol. The molecule has 0 saturated heterocycles. The number of hydrogen-bond acceptors (Lipinski definition) is 1. The van der Waals surface area contributed by atoms with E-state index in [4.69, 9.17) is 4.98 Å². The van der Waals surface area contributed by atoms with E-state index in [1.54, 1.807) is 0 Å². The zero-order valence-corrected chi connectivity index (χ0v) is 12.7. The summed E-state index contributed by atoms with van der Waals surface area (Å²) in [7, 11) is 0. The first-order valence-corrected chi connectivity index (χ1v) is 6.98. The first-order valence-electron chi connectivity index (χ1n) is 6.98. The van der Waals surface area contributed by atoms with Crippen LogP contribution in [0.2, 0.25) is 0 Å². The number of rotatable bonds is 3. The van der Waals surface area contributed by atoms with Crippen LogP contribution in [-0.2, 0) is 18.3 Å². The van der Waals surface area contributed by atoms with Gasteiger partial charge >= 0.3 is 0 Å². The van der Waals surface area contributed by atoms with E-state index in [1.807, 2.05) is 6.20 Å². The summed E-state index contributed by atoms with van der Waals surface area (Å²) in [5.74, 6) is 1.07. The number of H-pyrrole nitrogens is 1. The van der Waals surface area contributed by atoms with Gasteiger partial charge in [-0.25, -0.2) is 4.98 Å². The van der Waals surface area contributed by atoms with E-state index < -0.39 is 0 Å². The van der Waals surface area contributed by atoms with Crippen molar-refractivity contribution in [3.8, 4) is 0 Å². The van der Waals surface area contributed by atoms with Gasteiger partial charge in [-0.15, -0.1) is 0 Å².